The Morgan fingerprint density at radius 2 is 1.72 bits per heavy atom. The Bertz CT molecular complexity index is 265. The molecule has 18 heavy (non-hydrogen) atoms. The number of carboxylic acid groups (broad SMARTS) is 1. The van der Waals surface area contributed by atoms with Crippen LogP contribution in [0.2, 0.25) is 0 Å². The van der Waals surface area contributed by atoms with Gasteiger partial charge >= 0.3 is 6.09 Å². The van der Waals surface area contributed by atoms with E-state index in [2.05, 4.69) is 10.6 Å². The fourth-order valence-electron chi connectivity index (χ4n) is 1.78. The van der Waals surface area contributed by atoms with Gasteiger partial charge in [0.25, 0.3) is 0 Å². The number of nitrogens with one attached hydrogen (secondary N) is 2. The zero-order chi connectivity index (χ0) is 14.1. The summed E-state index contributed by atoms with van der Waals surface area (Å²) in [6.07, 6.45) is 1.36. The van der Waals surface area contributed by atoms with Crippen LogP contribution in [0.5, 0.6) is 0 Å². The summed E-state index contributed by atoms with van der Waals surface area (Å²) >= 11 is 0. The number of amides is 1. The Morgan fingerprint density at radius 1 is 1.11 bits per heavy atom. The molecule has 1 amide bonds. The predicted octanol–water partition coefficient (Wildman–Crippen LogP) is 2.02. The van der Waals surface area contributed by atoms with Crippen LogP contribution >= 0.6 is 0 Å². The van der Waals surface area contributed by atoms with Crippen LogP contribution < -0.4 is 10.6 Å². The highest BCUT2D eigenvalue weighted by molar-refractivity contribution is 5.85. The molecule has 0 aromatic heterocycles. The fourth-order valence-corrected chi connectivity index (χ4v) is 1.78. The first kappa shape index (κ1) is 16.9. The van der Waals surface area contributed by atoms with Crippen molar-refractivity contribution in [1.29, 1.82) is 0 Å². The Labute approximate surface area is 109 Å². The maximum atomic E-state index is 12.0. The van der Waals surface area contributed by atoms with E-state index in [0.717, 1.165) is 19.3 Å². The molecule has 0 heterocycles. The van der Waals surface area contributed by atoms with E-state index >= 15 is 0 Å². The van der Waals surface area contributed by atoms with E-state index in [1.54, 1.807) is 0 Å². The number of ketones is 1. The molecule has 0 saturated heterocycles. The molecule has 0 rings (SSSR count). The molecule has 0 aromatic rings. The molecule has 3 N–H and O–H groups in total. The summed E-state index contributed by atoms with van der Waals surface area (Å²) in [4.78, 5) is 22.2. The van der Waals surface area contributed by atoms with E-state index in [-0.39, 0.29) is 23.8 Å². The molecule has 0 aromatic carbocycles. The first-order valence-electron chi connectivity index (χ1n) is 6.61. The predicted molar refractivity (Wildman–Crippen MR) is 71.8 cm³/mol. The summed E-state index contributed by atoms with van der Waals surface area (Å²) in [5.74, 6) is 0.258. The van der Waals surface area contributed by atoms with Crippen LogP contribution in [-0.2, 0) is 4.79 Å². The molecular formula is C13H26N2O3. The third-order valence-electron chi connectivity index (χ3n) is 2.64. The first-order chi connectivity index (χ1) is 8.34. The lowest BCUT2D eigenvalue weighted by Crippen LogP contribution is -2.42. The highest BCUT2D eigenvalue weighted by atomic mass is 16.4. The Hall–Kier alpha value is -1.10. The Balaban J connectivity index is 4.01. The minimum atomic E-state index is -0.995. The lowest BCUT2D eigenvalue weighted by Gasteiger charge is -2.21. The van der Waals surface area contributed by atoms with E-state index in [9.17, 15) is 9.59 Å². The lowest BCUT2D eigenvalue weighted by molar-refractivity contribution is -0.124. The number of carbonyl (C=O) groups excluding carboxylic acids is 1. The van der Waals surface area contributed by atoms with Gasteiger partial charge < -0.3 is 15.7 Å². The highest BCUT2D eigenvalue weighted by Crippen LogP contribution is 2.08. The number of hydrogen-bond acceptors (Lipinski definition) is 3. The minimum absolute atomic E-state index is 0.0263. The van der Waals surface area contributed by atoms with Gasteiger partial charge in [0, 0.05) is 18.5 Å². The van der Waals surface area contributed by atoms with E-state index < -0.39 is 6.09 Å². The molecule has 0 aliphatic heterocycles. The second kappa shape index (κ2) is 8.91. The van der Waals surface area contributed by atoms with Gasteiger partial charge in [-0.2, -0.15) is 0 Å². The summed E-state index contributed by atoms with van der Waals surface area (Å²) in [6.45, 7) is 8.30. The number of Topliss-reactive ketones (excluding diaryl/α,β-unsaturated/α-hetero) is 1. The summed E-state index contributed by atoms with van der Waals surface area (Å²) in [6, 6.07) is 0.157. The van der Waals surface area contributed by atoms with Crippen LogP contribution in [0.1, 0.15) is 47.0 Å². The molecule has 0 saturated carbocycles. The number of unbranched alkanes of at least 4 members (excludes halogenated alkanes) is 1. The van der Waals surface area contributed by atoms with E-state index in [1.165, 1.54) is 0 Å². The molecule has 0 spiro atoms. The fraction of sp³-hybridized carbons (Fsp3) is 0.846. The summed E-state index contributed by atoms with van der Waals surface area (Å²) in [5.41, 5.74) is 0. The molecule has 1 unspecified atom stereocenters. The minimum Gasteiger partial charge on any atom is -0.465 e. The van der Waals surface area contributed by atoms with E-state index in [4.69, 9.17) is 5.11 Å². The van der Waals surface area contributed by atoms with Crippen molar-refractivity contribution in [3.63, 3.8) is 0 Å². The third-order valence-corrected chi connectivity index (χ3v) is 2.64. The van der Waals surface area contributed by atoms with Crippen molar-refractivity contribution in [2.45, 2.75) is 59.0 Å². The van der Waals surface area contributed by atoms with Crippen molar-refractivity contribution < 1.29 is 14.7 Å². The monoisotopic (exact) mass is 258 g/mol. The molecule has 0 bridgehead atoms. The third kappa shape index (κ3) is 8.06. The van der Waals surface area contributed by atoms with Crippen LogP contribution in [-0.4, -0.2) is 35.6 Å². The SMILES string of the molecule is CC(C)NC(CCCCNC(=O)O)C(=O)C(C)C. The van der Waals surface area contributed by atoms with Crippen LogP contribution in [0.4, 0.5) is 4.79 Å². The molecule has 0 radical (unpaired) electrons. The first-order valence-corrected chi connectivity index (χ1v) is 6.61. The summed E-state index contributed by atoms with van der Waals surface area (Å²) < 4.78 is 0. The molecule has 0 aliphatic carbocycles. The second-order valence-corrected chi connectivity index (χ2v) is 5.16. The van der Waals surface area contributed by atoms with Gasteiger partial charge in [-0.3, -0.25) is 4.79 Å². The normalized spacial score (nSPS) is 12.8. The van der Waals surface area contributed by atoms with Gasteiger partial charge in [0.15, 0.2) is 5.78 Å². The zero-order valence-corrected chi connectivity index (χ0v) is 11.8. The van der Waals surface area contributed by atoms with Gasteiger partial charge in [0.1, 0.15) is 0 Å². The molecule has 5 nitrogen and oxygen atoms in total. The molecule has 0 fully saturated rings. The smallest absolute Gasteiger partial charge is 0.404 e. The molecule has 0 aliphatic rings. The van der Waals surface area contributed by atoms with Crippen LogP contribution in [0, 0.1) is 5.92 Å². The van der Waals surface area contributed by atoms with Gasteiger partial charge in [-0.25, -0.2) is 4.79 Å². The Morgan fingerprint density at radius 3 is 2.17 bits per heavy atom. The average Bonchev–Trinajstić information content (AvgIpc) is 2.24. The number of hydrogen-bond donors (Lipinski definition) is 3. The Kier molecular flexibility index (Phi) is 8.37. The van der Waals surface area contributed by atoms with Gasteiger partial charge in [0.05, 0.1) is 6.04 Å². The lowest BCUT2D eigenvalue weighted by atomic mass is 9.96. The van der Waals surface area contributed by atoms with E-state index in [1.807, 2.05) is 27.7 Å². The van der Waals surface area contributed by atoms with Gasteiger partial charge in [-0.05, 0) is 19.3 Å². The largest absolute Gasteiger partial charge is 0.465 e. The highest BCUT2D eigenvalue weighted by Gasteiger charge is 2.20. The van der Waals surface area contributed by atoms with Crippen LogP contribution in [0.15, 0.2) is 0 Å². The quantitative estimate of drug-likeness (QED) is 0.553. The molecular weight excluding hydrogens is 232 g/mol. The molecule has 106 valence electrons. The molecule has 5 heteroatoms. The second-order valence-electron chi connectivity index (χ2n) is 5.16. The van der Waals surface area contributed by atoms with Crippen LogP contribution in [0.25, 0.3) is 0 Å². The van der Waals surface area contributed by atoms with Crippen molar-refractivity contribution in [2.75, 3.05) is 6.54 Å². The molecule has 1 atom stereocenters. The number of rotatable bonds is 9. The standard InChI is InChI=1S/C13H26N2O3/c1-9(2)12(16)11(15-10(3)4)7-5-6-8-14-13(17)18/h9-11,14-15H,5-8H2,1-4H3,(H,17,18). The van der Waals surface area contributed by atoms with E-state index in [0.29, 0.717) is 6.54 Å². The van der Waals surface area contributed by atoms with Crippen LogP contribution in [0.3, 0.4) is 0 Å². The average molecular weight is 258 g/mol. The summed E-state index contributed by atoms with van der Waals surface area (Å²) in [5, 5.41) is 14.0. The van der Waals surface area contributed by atoms with Crippen molar-refractivity contribution in [2.24, 2.45) is 5.92 Å². The number of carbonyl (C=O) groups is 2. The van der Waals surface area contributed by atoms with Gasteiger partial charge in [0.2, 0.25) is 0 Å². The zero-order valence-electron chi connectivity index (χ0n) is 11.8. The van der Waals surface area contributed by atoms with Crippen molar-refractivity contribution >= 4 is 11.9 Å². The van der Waals surface area contributed by atoms with Crippen molar-refractivity contribution in [3.05, 3.63) is 0 Å². The van der Waals surface area contributed by atoms with Crippen molar-refractivity contribution in [1.82, 2.24) is 10.6 Å². The maximum absolute atomic E-state index is 12.0. The van der Waals surface area contributed by atoms with Crippen molar-refractivity contribution in [3.8, 4) is 0 Å². The summed E-state index contributed by atoms with van der Waals surface area (Å²) in [7, 11) is 0. The van der Waals surface area contributed by atoms with Gasteiger partial charge in [-0.1, -0.05) is 27.7 Å². The topological polar surface area (TPSA) is 78.4 Å². The van der Waals surface area contributed by atoms with Gasteiger partial charge in [-0.15, -0.1) is 0 Å². The maximum Gasteiger partial charge on any atom is 0.404 e.